The first-order valence-corrected chi connectivity index (χ1v) is 5.89. The second-order valence-electron chi connectivity index (χ2n) is 4.02. The van der Waals surface area contributed by atoms with Crippen molar-refractivity contribution in [2.45, 2.75) is 6.54 Å². The quantitative estimate of drug-likeness (QED) is 0.590. The number of nitrogens with one attached hydrogen (secondary N) is 2. The van der Waals surface area contributed by atoms with Crippen molar-refractivity contribution in [3.8, 4) is 0 Å². The summed E-state index contributed by atoms with van der Waals surface area (Å²) in [7, 11) is 0. The summed E-state index contributed by atoms with van der Waals surface area (Å²) in [5, 5.41) is 13.9. The molecule has 0 aliphatic rings. The number of hydrogen-bond acceptors (Lipinski definition) is 6. The molecule has 9 heteroatoms. The fourth-order valence-corrected chi connectivity index (χ4v) is 1.49. The van der Waals surface area contributed by atoms with E-state index in [-0.39, 0.29) is 6.54 Å². The Hall–Kier alpha value is -3.23. The van der Waals surface area contributed by atoms with Crippen LogP contribution in [0.5, 0.6) is 0 Å². The molecule has 108 valence electrons. The molecule has 1 aromatic heterocycles. The van der Waals surface area contributed by atoms with Crippen molar-refractivity contribution in [2.24, 2.45) is 0 Å². The van der Waals surface area contributed by atoms with E-state index in [0.29, 0.717) is 5.70 Å². The van der Waals surface area contributed by atoms with Crippen molar-refractivity contribution in [3.63, 3.8) is 0 Å². The van der Waals surface area contributed by atoms with Crippen molar-refractivity contribution in [1.82, 2.24) is 25.6 Å². The molecule has 1 amide bonds. The molecule has 0 aliphatic carbocycles. The van der Waals surface area contributed by atoms with Gasteiger partial charge in [-0.3, -0.25) is 15.6 Å². The summed E-state index contributed by atoms with van der Waals surface area (Å²) in [5.41, 5.74) is 6.43. The largest absolute Gasteiger partial charge is 0.490 e. The van der Waals surface area contributed by atoms with Crippen LogP contribution in [0, 0.1) is 10.1 Å². The van der Waals surface area contributed by atoms with Gasteiger partial charge in [-0.05, 0) is 10.5 Å². The number of hydrazine groups is 1. The zero-order valence-electron chi connectivity index (χ0n) is 10.9. The van der Waals surface area contributed by atoms with Crippen LogP contribution in [0.3, 0.4) is 0 Å². The SMILES string of the molecule is C=C(NNC(=O)Cn1cnc([N+](=O)[O-])n1)c1ccccc1. The number of nitrogens with zero attached hydrogens (tertiary/aromatic N) is 4. The predicted molar refractivity (Wildman–Crippen MR) is 73.4 cm³/mol. The normalized spacial score (nSPS) is 9.90. The van der Waals surface area contributed by atoms with Gasteiger partial charge in [-0.2, -0.15) is 4.68 Å². The Morgan fingerprint density at radius 1 is 1.33 bits per heavy atom. The molecule has 0 fully saturated rings. The Morgan fingerprint density at radius 3 is 2.67 bits per heavy atom. The van der Waals surface area contributed by atoms with Crippen LogP contribution >= 0.6 is 0 Å². The highest BCUT2D eigenvalue weighted by Gasteiger charge is 2.15. The number of amides is 1. The van der Waals surface area contributed by atoms with Crippen molar-refractivity contribution in [2.75, 3.05) is 0 Å². The van der Waals surface area contributed by atoms with Crippen LogP contribution in [-0.2, 0) is 11.3 Å². The number of aromatic nitrogens is 3. The lowest BCUT2D eigenvalue weighted by molar-refractivity contribution is -0.394. The molecule has 0 radical (unpaired) electrons. The van der Waals surface area contributed by atoms with Gasteiger partial charge in [-0.1, -0.05) is 41.9 Å². The summed E-state index contributed by atoms with van der Waals surface area (Å²) in [6.07, 6.45) is 1.11. The maximum absolute atomic E-state index is 11.7. The van der Waals surface area contributed by atoms with Crippen LogP contribution in [-0.4, -0.2) is 25.6 Å². The maximum atomic E-state index is 11.7. The molecule has 0 saturated heterocycles. The number of carbonyl (C=O) groups excluding carboxylic acids is 1. The van der Waals surface area contributed by atoms with Crippen LogP contribution in [0.25, 0.3) is 5.70 Å². The molecule has 2 rings (SSSR count). The fourth-order valence-electron chi connectivity index (χ4n) is 1.49. The summed E-state index contributed by atoms with van der Waals surface area (Å²) in [6, 6.07) is 9.23. The minimum absolute atomic E-state index is 0.199. The second kappa shape index (κ2) is 6.28. The lowest BCUT2D eigenvalue weighted by Gasteiger charge is -2.10. The molecule has 0 bridgehead atoms. The van der Waals surface area contributed by atoms with Crippen molar-refractivity contribution in [3.05, 3.63) is 58.9 Å². The van der Waals surface area contributed by atoms with Crippen molar-refractivity contribution in [1.29, 1.82) is 0 Å². The molecular weight excluding hydrogens is 276 g/mol. The van der Waals surface area contributed by atoms with E-state index < -0.39 is 16.8 Å². The number of hydrogen-bond donors (Lipinski definition) is 2. The summed E-state index contributed by atoms with van der Waals surface area (Å²) in [5.74, 6) is -0.990. The van der Waals surface area contributed by atoms with Gasteiger partial charge in [0.05, 0.1) is 5.70 Å². The van der Waals surface area contributed by atoms with Gasteiger partial charge in [0, 0.05) is 5.10 Å². The van der Waals surface area contributed by atoms with Crippen LogP contribution < -0.4 is 10.9 Å². The highest BCUT2D eigenvalue weighted by molar-refractivity contribution is 5.76. The van der Waals surface area contributed by atoms with Crippen molar-refractivity contribution >= 4 is 17.6 Å². The Bertz CT molecular complexity index is 667. The predicted octanol–water partition coefficient (Wildman–Crippen LogP) is 0.478. The van der Waals surface area contributed by atoms with Crippen LogP contribution in [0.1, 0.15) is 5.56 Å². The fraction of sp³-hybridized carbons (Fsp3) is 0.0833. The zero-order chi connectivity index (χ0) is 15.2. The lowest BCUT2D eigenvalue weighted by Crippen LogP contribution is -2.38. The number of benzene rings is 1. The van der Waals surface area contributed by atoms with Gasteiger partial charge in [0.15, 0.2) is 0 Å². The highest BCUT2D eigenvalue weighted by Crippen LogP contribution is 2.06. The molecular formula is C12H12N6O3. The minimum atomic E-state index is -0.732. The topological polar surface area (TPSA) is 115 Å². The number of rotatable bonds is 6. The Morgan fingerprint density at radius 2 is 2.05 bits per heavy atom. The molecule has 9 nitrogen and oxygen atoms in total. The van der Waals surface area contributed by atoms with Gasteiger partial charge in [-0.25, -0.2) is 0 Å². The van der Waals surface area contributed by atoms with E-state index in [2.05, 4.69) is 27.5 Å². The van der Waals surface area contributed by atoms with E-state index >= 15 is 0 Å². The second-order valence-corrected chi connectivity index (χ2v) is 4.02. The summed E-state index contributed by atoms with van der Waals surface area (Å²) >= 11 is 0. The maximum Gasteiger partial charge on any atom is 0.490 e. The molecule has 2 N–H and O–H groups in total. The van der Waals surface area contributed by atoms with Gasteiger partial charge >= 0.3 is 5.95 Å². The molecule has 0 spiro atoms. The van der Waals surface area contributed by atoms with Gasteiger partial charge in [0.25, 0.3) is 5.91 Å². The number of nitro groups is 1. The standard InChI is InChI=1S/C12H12N6O3/c1-9(10-5-3-2-4-6-10)14-15-11(19)7-17-8-13-12(16-17)18(20)21/h2-6,8,14H,1,7H2,(H,15,19). The van der Waals surface area contributed by atoms with Gasteiger partial charge in [0.2, 0.25) is 6.33 Å². The van der Waals surface area contributed by atoms with E-state index in [1.54, 1.807) is 0 Å². The van der Waals surface area contributed by atoms with Crippen LogP contribution in [0.2, 0.25) is 0 Å². The van der Waals surface area contributed by atoms with E-state index in [4.69, 9.17) is 0 Å². The monoisotopic (exact) mass is 288 g/mol. The molecule has 1 aromatic carbocycles. The van der Waals surface area contributed by atoms with E-state index in [1.807, 2.05) is 30.3 Å². The lowest BCUT2D eigenvalue weighted by atomic mass is 10.2. The molecule has 0 aliphatic heterocycles. The molecule has 21 heavy (non-hydrogen) atoms. The number of carbonyl (C=O) groups is 1. The first kappa shape index (κ1) is 14.2. The van der Waals surface area contributed by atoms with Crippen LogP contribution in [0.4, 0.5) is 5.95 Å². The van der Waals surface area contributed by atoms with E-state index in [9.17, 15) is 14.9 Å². The average Bonchev–Trinajstić information content (AvgIpc) is 2.94. The molecule has 0 atom stereocenters. The van der Waals surface area contributed by atoms with Gasteiger partial charge < -0.3 is 10.1 Å². The smallest absolute Gasteiger partial charge is 0.390 e. The van der Waals surface area contributed by atoms with E-state index in [1.165, 1.54) is 0 Å². The first-order chi connectivity index (χ1) is 10.1. The highest BCUT2D eigenvalue weighted by atomic mass is 16.6. The zero-order valence-corrected chi connectivity index (χ0v) is 10.9. The van der Waals surface area contributed by atoms with Gasteiger partial charge in [0.1, 0.15) is 6.54 Å². The average molecular weight is 288 g/mol. The molecule has 0 saturated carbocycles. The Labute approximate surface area is 119 Å². The third-order valence-electron chi connectivity index (χ3n) is 2.47. The molecule has 1 heterocycles. The van der Waals surface area contributed by atoms with E-state index in [0.717, 1.165) is 16.6 Å². The third-order valence-corrected chi connectivity index (χ3v) is 2.47. The van der Waals surface area contributed by atoms with Crippen LogP contribution in [0.15, 0.2) is 43.2 Å². The summed E-state index contributed by atoms with van der Waals surface area (Å²) < 4.78 is 1.07. The van der Waals surface area contributed by atoms with Gasteiger partial charge in [-0.15, -0.1) is 0 Å². The molecule has 2 aromatic rings. The summed E-state index contributed by atoms with van der Waals surface area (Å²) in [6.45, 7) is 3.58. The summed E-state index contributed by atoms with van der Waals surface area (Å²) in [4.78, 5) is 24.8. The minimum Gasteiger partial charge on any atom is -0.390 e. The molecule has 0 unspecified atom stereocenters. The van der Waals surface area contributed by atoms with Crippen molar-refractivity contribution < 1.29 is 9.72 Å². The third kappa shape index (κ3) is 3.86. The Balaban J connectivity index is 1.84. The first-order valence-electron chi connectivity index (χ1n) is 5.89. The Kier molecular flexibility index (Phi) is 4.24.